The summed E-state index contributed by atoms with van der Waals surface area (Å²) in [6.45, 7) is 5.99. The summed E-state index contributed by atoms with van der Waals surface area (Å²) < 4.78 is 0. The summed E-state index contributed by atoms with van der Waals surface area (Å²) in [6.07, 6.45) is 5.32. The van der Waals surface area contributed by atoms with Crippen LogP contribution in [-0.2, 0) is 0 Å². The molecule has 0 unspecified atom stereocenters. The highest BCUT2D eigenvalue weighted by molar-refractivity contribution is 5.52. The Kier molecular flexibility index (Phi) is 4.41. The van der Waals surface area contributed by atoms with Crippen LogP contribution in [0.25, 0.3) is 6.08 Å². The maximum atomic E-state index is 6.11. The van der Waals surface area contributed by atoms with Crippen molar-refractivity contribution < 1.29 is 0 Å². The van der Waals surface area contributed by atoms with E-state index in [1.165, 1.54) is 18.4 Å². The van der Waals surface area contributed by atoms with Crippen LogP contribution in [-0.4, -0.2) is 0 Å². The molecule has 0 fully saturated rings. The Morgan fingerprint density at radius 1 is 1.43 bits per heavy atom. The van der Waals surface area contributed by atoms with Gasteiger partial charge in [0.05, 0.1) is 0 Å². The molecule has 0 aromatic heterocycles. The first-order valence-electron chi connectivity index (χ1n) is 5.26. The van der Waals surface area contributed by atoms with Crippen molar-refractivity contribution in [2.24, 2.45) is 5.73 Å². The fourth-order valence-corrected chi connectivity index (χ4v) is 1.61. The molecular weight excluding hydrogens is 170 g/mol. The molecule has 0 spiro atoms. The number of nitrogens with two attached hydrogens (primary N) is 1. The molecule has 1 rings (SSSR count). The number of rotatable bonds is 5. The second kappa shape index (κ2) is 5.61. The molecule has 0 aliphatic carbocycles. The van der Waals surface area contributed by atoms with Gasteiger partial charge in [-0.2, -0.15) is 0 Å². The second-order valence-electron chi connectivity index (χ2n) is 3.58. The zero-order valence-electron chi connectivity index (χ0n) is 8.87. The van der Waals surface area contributed by atoms with Crippen LogP contribution in [0.4, 0.5) is 0 Å². The standard InChI is InChI=1S/C13H19N/c1-3-5-10-13(14)12-9-7-6-8-11(12)4-2/h4,6-9,13H,2-3,5,10,14H2,1H3/t13-/m1/s1. The summed E-state index contributed by atoms with van der Waals surface area (Å²) in [5.41, 5.74) is 8.49. The molecule has 2 N–H and O–H groups in total. The van der Waals surface area contributed by atoms with E-state index in [2.05, 4.69) is 25.6 Å². The van der Waals surface area contributed by atoms with Crippen molar-refractivity contribution in [3.63, 3.8) is 0 Å². The van der Waals surface area contributed by atoms with Crippen LogP contribution in [0.3, 0.4) is 0 Å². The third-order valence-electron chi connectivity index (χ3n) is 2.48. The predicted molar refractivity (Wildman–Crippen MR) is 63.0 cm³/mol. The zero-order valence-corrected chi connectivity index (χ0v) is 8.87. The summed E-state index contributed by atoms with van der Waals surface area (Å²) in [5.74, 6) is 0. The van der Waals surface area contributed by atoms with Crippen LogP contribution in [0.2, 0.25) is 0 Å². The van der Waals surface area contributed by atoms with Crippen molar-refractivity contribution in [3.05, 3.63) is 42.0 Å². The highest BCUT2D eigenvalue weighted by atomic mass is 14.6. The van der Waals surface area contributed by atoms with Gasteiger partial charge in [-0.15, -0.1) is 0 Å². The van der Waals surface area contributed by atoms with Crippen LogP contribution in [0.1, 0.15) is 43.4 Å². The molecule has 0 saturated carbocycles. The summed E-state index contributed by atoms with van der Waals surface area (Å²) in [6, 6.07) is 8.37. The van der Waals surface area contributed by atoms with Gasteiger partial charge in [-0.3, -0.25) is 0 Å². The number of hydrogen-bond acceptors (Lipinski definition) is 1. The van der Waals surface area contributed by atoms with Crippen molar-refractivity contribution >= 4 is 6.08 Å². The van der Waals surface area contributed by atoms with E-state index >= 15 is 0 Å². The third kappa shape index (κ3) is 2.71. The van der Waals surface area contributed by atoms with Crippen molar-refractivity contribution in [1.82, 2.24) is 0 Å². The molecule has 0 aliphatic heterocycles. The van der Waals surface area contributed by atoms with Gasteiger partial charge in [0.2, 0.25) is 0 Å². The van der Waals surface area contributed by atoms with Gasteiger partial charge in [0.1, 0.15) is 0 Å². The van der Waals surface area contributed by atoms with Gasteiger partial charge in [-0.1, -0.05) is 56.7 Å². The zero-order chi connectivity index (χ0) is 10.4. The lowest BCUT2D eigenvalue weighted by molar-refractivity contribution is 0.603. The molecule has 0 saturated heterocycles. The van der Waals surface area contributed by atoms with E-state index in [1.807, 2.05) is 18.2 Å². The van der Waals surface area contributed by atoms with Gasteiger partial charge in [-0.05, 0) is 17.5 Å². The molecule has 1 atom stereocenters. The van der Waals surface area contributed by atoms with Crippen LogP contribution in [0.15, 0.2) is 30.8 Å². The second-order valence-corrected chi connectivity index (χ2v) is 3.58. The average molecular weight is 189 g/mol. The van der Waals surface area contributed by atoms with Crippen molar-refractivity contribution in [1.29, 1.82) is 0 Å². The Morgan fingerprint density at radius 2 is 2.14 bits per heavy atom. The lowest BCUT2D eigenvalue weighted by atomic mass is 9.97. The first-order valence-corrected chi connectivity index (χ1v) is 5.26. The predicted octanol–water partition coefficient (Wildman–Crippen LogP) is 3.52. The van der Waals surface area contributed by atoms with E-state index in [1.54, 1.807) is 0 Å². The minimum absolute atomic E-state index is 0.157. The van der Waals surface area contributed by atoms with Crippen molar-refractivity contribution in [2.75, 3.05) is 0 Å². The molecular formula is C13H19N. The maximum absolute atomic E-state index is 6.11. The van der Waals surface area contributed by atoms with Crippen LogP contribution in [0, 0.1) is 0 Å². The van der Waals surface area contributed by atoms with Gasteiger partial charge < -0.3 is 5.73 Å². The number of hydrogen-bond donors (Lipinski definition) is 1. The Hall–Kier alpha value is -1.08. The topological polar surface area (TPSA) is 26.0 Å². The lowest BCUT2D eigenvalue weighted by Gasteiger charge is -2.14. The van der Waals surface area contributed by atoms with E-state index in [9.17, 15) is 0 Å². The van der Waals surface area contributed by atoms with E-state index in [4.69, 9.17) is 5.73 Å². The molecule has 0 heterocycles. The van der Waals surface area contributed by atoms with E-state index < -0.39 is 0 Å². The van der Waals surface area contributed by atoms with E-state index in [0.29, 0.717) is 0 Å². The van der Waals surface area contributed by atoms with Crippen molar-refractivity contribution in [3.8, 4) is 0 Å². The van der Waals surface area contributed by atoms with Crippen LogP contribution >= 0.6 is 0 Å². The molecule has 14 heavy (non-hydrogen) atoms. The quantitative estimate of drug-likeness (QED) is 0.753. The maximum Gasteiger partial charge on any atom is 0.0300 e. The van der Waals surface area contributed by atoms with Gasteiger partial charge in [-0.25, -0.2) is 0 Å². The van der Waals surface area contributed by atoms with Gasteiger partial charge >= 0.3 is 0 Å². The molecule has 1 heteroatoms. The summed E-state index contributed by atoms with van der Waals surface area (Å²) in [7, 11) is 0. The molecule has 0 bridgehead atoms. The van der Waals surface area contributed by atoms with Gasteiger partial charge in [0.25, 0.3) is 0 Å². The van der Waals surface area contributed by atoms with Crippen LogP contribution < -0.4 is 5.73 Å². The first-order chi connectivity index (χ1) is 6.79. The van der Waals surface area contributed by atoms with Crippen molar-refractivity contribution in [2.45, 2.75) is 32.2 Å². The smallest absolute Gasteiger partial charge is 0.0300 e. The fourth-order valence-electron chi connectivity index (χ4n) is 1.61. The highest BCUT2D eigenvalue weighted by Gasteiger charge is 2.07. The van der Waals surface area contributed by atoms with Crippen LogP contribution in [0.5, 0.6) is 0 Å². The largest absolute Gasteiger partial charge is 0.324 e. The Labute approximate surface area is 86.6 Å². The number of benzene rings is 1. The SMILES string of the molecule is C=Cc1ccccc1[C@H](N)CCCC. The minimum Gasteiger partial charge on any atom is -0.324 e. The average Bonchev–Trinajstić information content (AvgIpc) is 2.25. The molecule has 1 aromatic carbocycles. The van der Waals surface area contributed by atoms with E-state index in [-0.39, 0.29) is 6.04 Å². The third-order valence-corrected chi connectivity index (χ3v) is 2.48. The summed E-state index contributed by atoms with van der Waals surface area (Å²) in [5, 5.41) is 0. The number of unbranched alkanes of at least 4 members (excludes halogenated alkanes) is 1. The molecule has 0 aliphatic rings. The normalized spacial score (nSPS) is 12.4. The minimum atomic E-state index is 0.157. The molecule has 0 radical (unpaired) electrons. The highest BCUT2D eigenvalue weighted by Crippen LogP contribution is 2.21. The summed E-state index contributed by atoms with van der Waals surface area (Å²) >= 11 is 0. The monoisotopic (exact) mass is 189 g/mol. The fraction of sp³-hybridized carbons (Fsp3) is 0.385. The van der Waals surface area contributed by atoms with Gasteiger partial charge in [0, 0.05) is 6.04 Å². The van der Waals surface area contributed by atoms with E-state index in [0.717, 1.165) is 12.0 Å². The Bertz CT molecular complexity index is 291. The Morgan fingerprint density at radius 3 is 2.79 bits per heavy atom. The van der Waals surface area contributed by atoms with Gasteiger partial charge in [0.15, 0.2) is 0 Å². The summed E-state index contributed by atoms with van der Waals surface area (Å²) in [4.78, 5) is 0. The molecule has 76 valence electrons. The molecule has 1 nitrogen and oxygen atoms in total. The lowest BCUT2D eigenvalue weighted by Crippen LogP contribution is -2.11. The first kappa shape index (κ1) is 11.0. The molecule has 1 aromatic rings. The molecule has 0 amide bonds. The Balaban J connectivity index is 2.77.